The van der Waals surface area contributed by atoms with Gasteiger partial charge in [0, 0.05) is 11.3 Å². The fourth-order valence-electron chi connectivity index (χ4n) is 2.44. The average Bonchev–Trinajstić information content (AvgIpc) is 3.20. The highest BCUT2D eigenvalue weighted by atomic mass is 19.3. The van der Waals surface area contributed by atoms with Crippen LogP contribution in [0.3, 0.4) is 0 Å². The molecule has 0 fully saturated rings. The van der Waals surface area contributed by atoms with Crippen LogP contribution in [0.1, 0.15) is 23.4 Å². The van der Waals surface area contributed by atoms with Crippen LogP contribution in [0.15, 0.2) is 42.7 Å². The number of nitrogens with one attached hydrogen (secondary N) is 2. The molecule has 3 aromatic rings. The lowest BCUT2D eigenvalue weighted by Gasteiger charge is -2.22. The lowest BCUT2D eigenvalue weighted by Crippen LogP contribution is -2.35. The van der Waals surface area contributed by atoms with E-state index in [0.717, 1.165) is 0 Å². The highest BCUT2D eigenvalue weighted by Crippen LogP contribution is 2.23. The van der Waals surface area contributed by atoms with Gasteiger partial charge in [0.2, 0.25) is 0 Å². The number of carbonyl (C=O) groups excluding carboxylic acids is 1. The summed E-state index contributed by atoms with van der Waals surface area (Å²) >= 11 is 0. The predicted molar refractivity (Wildman–Crippen MR) is 98.5 cm³/mol. The zero-order valence-corrected chi connectivity index (χ0v) is 15.1. The molecular weight excluding hydrogens is 384 g/mol. The molecule has 0 bridgehead atoms. The monoisotopic (exact) mass is 399 g/mol. The van der Waals surface area contributed by atoms with Crippen LogP contribution in [-0.2, 0) is 6.54 Å². The van der Waals surface area contributed by atoms with E-state index in [9.17, 15) is 13.6 Å². The molecule has 0 spiro atoms. The number of anilines is 2. The molecular formula is C18H15F2N7O2. The minimum atomic E-state index is -2.66. The van der Waals surface area contributed by atoms with Crippen LogP contribution in [0.4, 0.5) is 25.0 Å². The van der Waals surface area contributed by atoms with Gasteiger partial charge in [0.1, 0.15) is 11.8 Å². The number of nitrogens with zero attached hydrogens (tertiary/aromatic N) is 5. The molecule has 0 aliphatic carbocycles. The summed E-state index contributed by atoms with van der Waals surface area (Å²) < 4.78 is 30.7. The van der Waals surface area contributed by atoms with E-state index in [0.29, 0.717) is 11.4 Å². The molecule has 0 saturated heterocycles. The smallest absolute Gasteiger partial charge is 0.326 e. The SMILES string of the molecule is COc1ncc(N(Cc2cc(C#N)[nH]n2)C(=O)Nc2cccc(C(F)F)c2)cn1. The quantitative estimate of drug-likeness (QED) is 0.657. The lowest BCUT2D eigenvalue weighted by atomic mass is 10.2. The van der Waals surface area contributed by atoms with Crippen LogP contribution >= 0.6 is 0 Å². The van der Waals surface area contributed by atoms with Crippen molar-refractivity contribution in [2.75, 3.05) is 17.3 Å². The number of hydrogen-bond donors (Lipinski definition) is 2. The van der Waals surface area contributed by atoms with Gasteiger partial charge >= 0.3 is 12.0 Å². The van der Waals surface area contributed by atoms with Crippen molar-refractivity contribution in [3.63, 3.8) is 0 Å². The second kappa shape index (κ2) is 8.75. The van der Waals surface area contributed by atoms with E-state index in [1.165, 1.54) is 54.7 Å². The van der Waals surface area contributed by atoms with Gasteiger partial charge < -0.3 is 10.1 Å². The Labute approximate surface area is 164 Å². The van der Waals surface area contributed by atoms with Crippen molar-refractivity contribution in [1.82, 2.24) is 20.2 Å². The van der Waals surface area contributed by atoms with Crippen molar-refractivity contribution < 1.29 is 18.3 Å². The Morgan fingerprint density at radius 2 is 2.10 bits per heavy atom. The first kappa shape index (κ1) is 19.7. The number of H-pyrrole nitrogens is 1. The number of urea groups is 1. The average molecular weight is 399 g/mol. The second-order valence-electron chi connectivity index (χ2n) is 5.76. The Kier molecular flexibility index (Phi) is 5.94. The second-order valence-corrected chi connectivity index (χ2v) is 5.76. The van der Waals surface area contributed by atoms with Gasteiger partial charge in [-0.25, -0.2) is 23.5 Å². The fraction of sp³-hybridized carbons (Fsp3) is 0.167. The summed E-state index contributed by atoms with van der Waals surface area (Å²) in [5, 5.41) is 18.0. The van der Waals surface area contributed by atoms with Gasteiger partial charge in [-0.05, 0) is 18.2 Å². The molecule has 0 unspecified atom stereocenters. The minimum absolute atomic E-state index is 0.0196. The number of ether oxygens (including phenoxy) is 1. The van der Waals surface area contributed by atoms with Crippen molar-refractivity contribution >= 4 is 17.4 Å². The largest absolute Gasteiger partial charge is 0.467 e. The number of benzene rings is 1. The summed E-state index contributed by atoms with van der Waals surface area (Å²) in [7, 11) is 1.41. The molecule has 0 saturated carbocycles. The third-order valence-corrected chi connectivity index (χ3v) is 3.82. The van der Waals surface area contributed by atoms with E-state index in [4.69, 9.17) is 10.00 Å². The van der Waals surface area contributed by atoms with E-state index >= 15 is 0 Å². The number of carbonyl (C=O) groups is 1. The number of halogens is 2. The number of aromatic nitrogens is 4. The summed E-state index contributed by atoms with van der Waals surface area (Å²) in [6.07, 6.45) is 0.0870. The Hall–Kier alpha value is -4.07. The zero-order chi connectivity index (χ0) is 20.8. The van der Waals surface area contributed by atoms with Gasteiger partial charge in [0.25, 0.3) is 6.43 Å². The Morgan fingerprint density at radius 1 is 1.34 bits per heavy atom. The third-order valence-electron chi connectivity index (χ3n) is 3.82. The maximum Gasteiger partial charge on any atom is 0.326 e. The third kappa shape index (κ3) is 4.81. The number of rotatable bonds is 6. The maximum atomic E-state index is 12.9. The first-order valence-electron chi connectivity index (χ1n) is 8.27. The molecule has 0 aliphatic heterocycles. The minimum Gasteiger partial charge on any atom is -0.467 e. The number of amides is 2. The van der Waals surface area contributed by atoms with E-state index in [1.807, 2.05) is 6.07 Å². The molecule has 3 rings (SSSR count). The van der Waals surface area contributed by atoms with E-state index < -0.39 is 12.5 Å². The van der Waals surface area contributed by atoms with E-state index in [1.54, 1.807) is 0 Å². The van der Waals surface area contributed by atoms with E-state index in [-0.39, 0.29) is 29.5 Å². The first-order chi connectivity index (χ1) is 14.0. The topological polar surface area (TPSA) is 120 Å². The van der Waals surface area contributed by atoms with Crippen molar-refractivity contribution in [1.29, 1.82) is 5.26 Å². The number of hydrogen-bond acceptors (Lipinski definition) is 6. The lowest BCUT2D eigenvalue weighted by molar-refractivity contribution is 0.151. The van der Waals surface area contributed by atoms with Crippen molar-refractivity contribution in [2.45, 2.75) is 13.0 Å². The normalized spacial score (nSPS) is 10.4. The Bertz CT molecular complexity index is 1030. The van der Waals surface area contributed by atoms with Crippen LogP contribution in [0.25, 0.3) is 0 Å². The molecule has 9 nitrogen and oxygen atoms in total. The Balaban J connectivity index is 1.87. The van der Waals surface area contributed by atoms with Crippen molar-refractivity contribution in [3.8, 4) is 12.1 Å². The van der Waals surface area contributed by atoms with Crippen molar-refractivity contribution in [2.24, 2.45) is 0 Å². The van der Waals surface area contributed by atoms with Gasteiger partial charge in [0.05, 0.1) is 37.4 Å². The van der Waals surface area contributed by atoms with Crippen molar-refractivity contribution in [3.05, 3.63) is 59.7 Å². The molecule has 11 heteroatoms. The molecule has 29 heavy (non-hydrogen) atoms. The summed E-state index contributed by atoms with van der Waals surface area (Å²) in [5.41, 5.74) is 0.944. The molecule has 2 amide bonds. The van der Waals surface area contributed by atoms with Crippen LogP contribution in [0.2, 0.25) is 0 Å². The molecule has 1 aromatic carbocycles. The standard InChI is InChI=1S/C18H15F2N7O2/c1-29-17-22-8-15(9-23-17)27(10-14-6-13(7-21)25-26-14)18(28)24-12-4-2-3-11(5-12)16(19)20/h2-6,8-9,16H,10H2,1H3,(H,24,28)(H,25,26). The molecule has 0 radical (unpaired) electrons. The maximum absolute atomic E-state index is 12.9. The molecule has 148 valence electrons. The van der Waals surface area contributed by atoms with Gasteiger partial charge in [-0.2, -0.15) is 10.4 Å². The number of methoxy groups -OCH3 is 1. The van der Waals surface area contributed by atoms with Crippen LogP contribution < -0.4 is 15.0 Å². The predicted octanol–water partition coefficient (Wildman–Crippen LogP) is 3.26. The summed E-state index contributed by atoms with van der Waals surface area (Å²) in [6.45, 7) is -0.0196. The van der Waals surface area contributed by atoms with Crippen LogP contribution in [0, 0.1) is 11.3 Å². The Morgan fingerprint density at radius 3 is 2.72 bits per heavy atom. The van der Waals surface area contributed by atoms with Crippen LogP contribution in [0.5, 0.6) is 6.01 Å². The summed E-state index contributed by atoms with van der Waals surface area (Å²) in [6, 6.07) is 8.27. The molecule has 2 heterocycles. The molecule has 2 N–H and O–H groups in total. The number of aromatic amines is 1. The number of alkyl halides is 2. The van der Waals surface area contributed by atoms with E-state index in [2.05, 4.69) is 25.5 Å². The summed E-state index contributed by atoms with van der Waals surface area (Å²) in [5.74, 6) is 0. The zero-order valence-electron chi connectivity index (χ0n) is 15.1. The highest BCUT2D eigenvalue weighted by Gasteiger charge is 2.20. The highest BCUT2D eigenvalue weighted by molar-refractivity contribution is 6.01. The van der Waals surface area contributed by atoms with Gasteiger partial charge in [-0.1, -0.05) is 12.1 Å². The first-order valence-corrected chi connectivity index (χ1v) is 8.27. The fourth-order valence-corrected chi connectivity index (χ4v) is 2.44. The van der Waals surface area contributed by atoms with Gasteiger partial charge in [0.15, 0.2) is 0 Å². The molecule has 0 atom stereocenters. The summed E-state index contributed by atoms with van der Waals surface area (Å²) in [4.78, 5) is 22.1. The molecule has 2 aromatic heterocycles. The van der Waals surface area contributed by atoms with Gasteiger partial charge in [-0.3, -0.25) is 10.00 Å². The van der Waals surface area contributed by atoms with Gasteiger partial charge in [-0.15, -0.1) is 0 Å². The molecule has 0 aliphatic rings. The number of nitriles is 1. The van der Waals surface area contributed by atoms with Crippen LogP contribution in [-0.4, -0.2) is 33.3 Å².